The lowest BCUT2D eigenvalue weighted by Gasteiger charge is -2.42. The lowest BCUT2D eigenvalue weighted by Crippen LogP contribution is -2.50. The highest BCUT2D eigenvalue weighted by Gasteiger charge is 2.53. The normalized spacial score (nSPS) is 23.0. The van der Waals surface area contributed by atoms with Crippen LogP contribution in [-0.4, -0.2) is 25.0 Å². The molecule has 0 N–H and O–H groups in total. The largest absolute Gasteiger partial charge is 0.497 e. The van der Waals surface area contributed by atoms with Gasteiger partial charge in [0.25, 0.3) is 0 Å². The first-order valence-electron chi connectivity index (χ1n) is 7.51. The fourth-order valence-electron chi connectivity index (χ4n) is 3.12. The highest BCUT2D eigenvalue weighted by Crippen LogP contribution is 2.48. The Morgan fingerprint density at radius 2 is 1.61 bits per heavy atom. The second kappa shape index (κ2) is 6.24. The van der Waals surface area contributed by atoms with E-state index in [1.54, 1.807) is 7.11 Å². The van der Waals surface area contributed by atoms with E-state index in [0.717, 1.165) is 16.9 Å². The molecule has 2 aromatic carbocycles. The molecule has 1 aliphatic rings. The van der Waals surface area contributed by atoms with Crippen molar-refractivity contribution in [3.05, 3.63) is 65.7 Å². The van der Waals surface area contributed by atoms with Crippen LogP contribution < -0.4 is 4.74 Å². The minimum absolute atomic E-state index is 0.0563. The lowest BCUT2D eigenvalue weighted by atomic mass is 9.63. The molecule has 1 aliphatic carbocycles. The van der Waals surface area contributed by atoms with Crippen molar-refractivity contribution in [2.45, 2.75) is 24.9 Å². The molecule has 0 bridgehead atoms. The molecule has 1 saturated carbocycles. The van der Waals surface area contributed by atoms with Crippen LogP contribution in [0.25, 0.3) is 0 Å². The number of benzene rings is 2. The topological polar surface area (TPSA) is 52.6 Å². The number of esters is 1. The summed E-state index contributed by atoms with van der Waals surface area (Å²) in [6, 6.07) is 17.2. The van der Waals surface area contributed by atoms with Crippen LogP contribution in [-0.2, 0) is 14.3 Å². The van der Waals surface area contributed by atoms with Gasteiger partial charge in [-0.1, -0.05) is 42.5 Å². The van der Waals surface area contributed by atoms with Gasteiger partial charge in [-0.3, -0.25) is 9.59 Å². The second-order valence-electron chi connectivity index (χ2n) is 5.62. The Hall–Kier alpha value is -2.62. The molecule has 0 aliphatic heterocycles. The summed E-state index contributed by atoms with van der Waals surface area (Å²) in [5.74, 6) is -0.196. The molecule has 0 radical (unpaired) electrons. The molecule has 0 aromatic heterocycles. The van der Waals surface area contributed by atoms with Crippen LogP contribution in [0, 0.1) is 0 Å². The molecule has 0 saturated heterocycles. The molecule has 3 atom stereocenters. The van der Waals surface area contributed by atoms with Gasteiger partial charge >= 0.3 is 5.97 Å². The van der Waals surface area contributed by atoms with Crippen molar-refractivity contribution in [3.63, 3.8) is 0 Å². The van der Waals surface area contributed by atoms with Crippen LogP contribution in [0.1, 0.15) is 29.9 Å². The number of methoxy groups -OCH3 is 1. The maximum atomic E-state index is 12.5. The zero-order chi connectivity index (χ0) is 16.4. The van der Waals surface area contributed by atoms with Crippen molar-refractivity contribution in [2.24, 2.45) is 0 Å². The van der Waals surface area contributed by atoms with Crippen LogP contribution in [0.2, 0.25) is 0 Å². The van der Waals surface area contributed by atoms with Crippen molar-refractivity contribution in [2.75, 3.05) is 7.11 Å². The summed E-state index contributed by atoms with van der Waals surface area (Å²) in [7, 11) is 1.60. The molecule has 3 rings (SSSR count). The fraction of sp³-hybridized carbons (Fsp3) is 0.263. The van der Waals surface area contributed by atoms with Gasteiger partial charge in [0.05, 0.1) is 13.0 Å². The van der Waals surface area contributed by atoms with Gasteiger partial charge in [-0.2, -0.15) is 0 Å². The Morgan fingerprint density at radius 1 is 0.957 bits per heavy atom. The van der Waals surface area contributed by atoms with Crippen molar-refractivity contribution in [1.82, 2.24) is 0 Å². The zero-order valence-electron chi connectivity index (χ0n) is 13.1. The van der Waals surface area contributed by atoms with Gasteiger partial charge in [0.1, 0.15) is 5.75 Å². The van der Waals surface area contributed by atoms with Gasteiger partial charge < -0.3 is 9.47 Å². The van der Waals surface area contributed by atoms with E-state index in [1.165, 1.54) is 6.92 Å². The summed E-state index contributed by atoms with van der Waals surface area (Å²) >= 11 is 0. The summed E-state index contributed by atoms with van der Waals surface area (Å²) < 4.78 is 10.4. The summed E-state index contributed by atoms with van der Waals surface area (Å²) in [5.41, 5.74) is 1.91. The Morgan fingerprint density at radius 3 is 2.17 bits per heavy atom. The number of rotatable bonds is 4. The minimum Gasteiger partial charge on any atom is -0.497 e. The number of hydrogen-bond acceptors (Lipinski definition) is 4. The molecule has 23 heavy (non-hydrogen) atoms. The van der Waals surface area contributed by atoms with E-state index < -0.39 is 12.1 Å². The third-order valence-corrected chi connectivity index (χ3v) is 4.22. The standard InChI is InChI=1S/C19H18O4/c1-12(20)23-19-17(13-6-4-3-5-7-13)16(18(19)21)14-8-10-15(22-2)11-9-14/h3-11,16-17,19H,1-2H3/t16-,17+,19+/m0/s1. The number of hydrogen-bond donors (Lipinski definition) is 0. The molecule has 0 heterocycles. The molecule has 0 unspecified atom stereocenters. The predicted molar refractivity (Wildman–Crippen MR) is 85.5 cm³/mol. The van der Waals surface area contributed by atoms with Crippen molar-refractivity contribution in [1.29, 1.82) is 0 Å². The first-order chi connectivity index (χ1) is 11.1. The van der Waals surface area contributed by atoms with Crippen LogP contribution in [0.5, 0.6) is 5.75 Å². The van der Waals surface area contributed by atoms with Crippen LogP contribution in [0.3, 0.4) is 0 Å². The molecule has 4 nitrogen and oxygen atoms in total. The third kappa shape index (κ3) is 2.84. The van der Waals surface area contributed by atoms with Gasteiger partial charge in [-0.05, 0) is 23.3 Å². The van der Waals surface area contributed by atoms with Gasteiger partial charge in [-0.25, -0.2) is 0 Å². The zero-order valence-corrected chi connectivity index (χ0v) is 13.1. The molecular weight excluding hydrogens is 292 g/mol. The van der Waals surface area contributed by atoms with Gasteiger partial charge in [-0.15, -0.1) is 0 Å². The van der Waals surface area contributed by atoms with E-state index in [4.69, 9.17) is 9.47 Å². The smallest absolute Gasteiger partial charge is 0.303 e. The number of carbonyl (C=O) groups is 2. The van der Waals surface area contributed by atoms with E-state index in [9.17, 15) is 9.59 Å². The second-order valence-corrected chi connectivity index (χ2v) is 5.62. The maximum Gasteiger partial charge on any atom is 0.303 e. The average molecular weight is 310 g/mol. The highest BCUT2D eigenvalue weighted by atomic mass is 16.5. The molecule has 0 amide bonds. The van der Waals surface area contributed by atoms with Crippen molar-refractivity contribution in [3.8, 4) is 5.75 Å². The SMILES string of the molecule is COc1ccc([C@@H]2C(=O)[C@H](OC(C)=O)[C@@H]2c2ccccc2)cc1. The molecule has 1 fully saturated rings. The van der Waals surface area contributed by atoms with E-state index in [0.29, 0.717) is 0 Å². The summed E-state index contributed by atoms with van der Waals surface area (Å²) in [6.07, 6.45) is -0.706. The fourth-order valence-corrected chi connectivity index (χ4v) is 3.12. The highest BCUT2D eigenvalue weighted by molar-refractivity contribution is 5.99. The van der Waals surface area contributed by atoms with E-state index in [-0.39, 0.29) is 17.6 Å². The van der Waals surface area contributed by atoms with E-state index in [2.05, 4.69) is 0 Å². The predicted octanol–water partition coefficient (Wildman–Crippen LogP) is 3.08. The Bertz CT molecular complexity index is 706. The van der Waals surface area contributed by atoms with Gasteiger partial charge in [0, 0.05) is 12.8 Å². The monoisotopic (exact) mass is 310 g/mol. The maximum absolute atomic E-state index is 12.5. The average Bonchev–Trinajstić information content (AvgIpc) is 2.58. The van der Waals surface area contributed by atoms with E-state index in [1.807, 2.05) is 54.6 Å². The summed E-state index contributed by atoms with van der Waals surface area (Å²) in [5, 5.41) is 0. The summed E-state index contributed by atoms with van der Waals surface area (Å²) in [4.78, 5) is 23.8. The first-order valence-corrected chi connectivity index (χ1v) is 7.51. The number of Topliss-reactive ketones (excluding diaryl/α,β-unsaturated/α-hetero) is 1. The summed E-state index contributed by atoms with van der Waals surface area (Å²) in [6.45, 7) is 1.33. The Balaban J connectivity index is 1.94. The number of carbonyl (C=O) groups excluding carboxylic acids is 2. The van der Waals surface area contributed by atoms with Crippen LogP contribution >= 0.6 is 0 Å². The molecule has 2 aromatic rings. The third-order valence-electron chi connectivity index (χ3n) is 4.22. The number of ether oxygens (including phenoxy) is 2. The van der Waals surface area contributed by atoms with Crippen molar-refractivity contribution >= 4 is 11.8 Å². The molecular formula is C19H18O4. The Labute approximate surface area is 135 Å². The van der Waals surface area contributed by atoms with Gasteiger partial charge in [0.2, 0.25) is 0 Å². The quantitative estimate of drug-likeness (QED) is 0.814. The minimum atomic E-state index is -0.706. The van der Waals surface area contributed by atoms with Gasteiger partial charge in [0.15, 0.2) is 11.9 Å². The first kappa shape index (κ1) is 15.3. The van der Waals surface area contributed by atoms with Crippen LogP contribution in [0.15, 0.2) is 54.6 Å². The van der Waals surface area contributed by atoms with E-state index >= 15 is 0 Å². The molecule has 118 valence electrons. The van der Waals surface area contributed by atoms with Crippen molar-refractivity contribution < 1.29 is 19.1 Å². The number of ketones is 1. The van der Waals surface area contributed by atoms with Crippen LogP contribution in [0.4, 0.5) is 0 Å². The molecule has 0 spiro atoms. The molecule has 4 heteroatoms. The lowest BCUT2D eigenvalue weighted by molar-refractivity contribution is -0.163. The Kier molecular flexibility index (Phi) is 4.15.